The van der Waals surface area contributed by atoms with E-state index in [1.807, 2.05) is 11.3 Å². The summed E-state index contributed by atoms with van der Waals surface area (Å²) in [5, 5.41) is 3.99. The minimum atomic E-state index is 1.17. The Morgan fingerprint density at radius 2 is 2.06 bits per heavy atom. The van der Waals surface area contributed by atoms with Crippen molar-refractivity contribution in [1.29, 1.82) is 0 Å². The van der Waals surface area contributed by atoms with Gasteiger partial charge in [-0.1, -0.05) is 18.2 Å². The van der Waals surface area contributed by atoms with Gasteiger partial charge in [-0.25, -0.2) is 4.98 Å². The van der Waals surface area contributed by atoms with Crippen LogP contribution in [0.3, 0.4) is 0 Å². The summed E-state index contributed by atoms with van der Waals surface area (Å²) in [4.78, 5) is 4.67. The van der Waals surface area contributed by atoms with E-state index in [-0.39, 0.29) is 0 Å². The zero-order chi connectivity index (χ0) is 10.7. The van der Waals surface area contributed by atoms with Gasteiger partial charge in [-0.3, -0.25) is 0 Å². The Bertz CT molecular complexity index is 724. The van der Waals surface area contributed by atoms with Crippen molar-refractivity contribution in [3.05, 3.63) is 40.4 Å². The number of aryl methyl sites for hydroxylation is 3. The molecule has 0 fully saturated rings. The summed E-state index contributed by atoms with van der Waals surface area (Å²) in [5.74, 6) is 0. The highest BCUT2D eigenvalue weighted by Gasteiger charge is 2.17. The number of hydrogen-bond donors (Lipinski definition) is 0. The summed E-state index contributed by atoms with van der Waals surface area (Å²) in [5.41, 5.74) is 4.21. The Balaban J connectivity index is 2.34. The smallest absolute Gasteiger partial charge is 0.0908 e. The summed E-state index contributed by atoms with van der Waals surface area (Å²) in [6, 6.07) is 8.98. The van der Waals surface area contributed by atoms with Crippen molar-refractivity contribution in [3.8, 4) is 0 Å². The van der Waals surface area contributed by atoms with Crippen molar-refractivity contribution in [1.82, 2.24) is 4.98 Å². The van der Waals surface area contributed by atoms with Gasteiger partial charge in [0.05, 0.1) is 15.2 Å². The number of thiazole rings is 1. The maximum absolute atomic E-state index is 4.67. The molecular weight excluding hydrogens is 214 g/mol. The lowest BCUT2D eigenvalue weighted by Crippen LogP contribution is -1.80. The van der Waals surface area contributed by atoms with Crippen molar-refractivity contribution < 1.29 is 0 Å². The minimum absolute atomic E-state index is 1.17. The van der Waals surface area contributed by atoms with E-state index in [0.717, 1.165) is 0 Å². The summed E-state index contributed by atoms with van der Waals surface area (Å²) in [6.07, 6.45) is 2.39. The molecule has 0 radical (unpaired) electrons. The predicted molar refractivity (Wildman–Crippen MR) is 69.3 cm³/mol. The van der Waals surface area contributed by atoms with Crippen LogP contribution in [0.2, 0.25) is 0 Å². The molecule has 1 nitrogen and oxygen atoms in total. The van der Waals surface area contributed by atoms with Crippen LogP contribution >= 0.6 is 11.3 Å². The molecule has 2 aromatic carbocycles. The third kappa shape index (κ3) is 0.978. The molecule has 0 bridgehead atoms. The fourth-order valence-electron chi connectivity index (χ4n) is 2.82. The molecule has 16 heavy (non-hydrogen) atoms. The first-order valence-corrected chi connectivity index (χ1v) is 6.45. The second kappa shape index (κ2) is 2.83. The second-order valence-electron chi connectivity index (χ2n) is 4.46. The Morgan fingerprint density at radius 3 is 3.00 bits per heavy atom. The lowest BCUT2D eigenvalue weighted by atomic mass is 10.0. The van der Waals surface area contributed by atoms with E-state index in [4.69, 9.17) is 0 Å². The molecule has 3 aromatic rings. The van der Waals surface area contributed by atoms with E-state index in [1.54, 1.807) is 0 Å². The van der Waals surface area contributed by atoms with Crippen molar-refractivity contribution in [2.45, 2.75) is 19.8 Å². The highest BCUT2D eigenvalue weighted by atomic mass is 32.1. The van der Waals surface area contributed by atoms with E-state index in [2.05, 4.69) is 36.2 Å². The van der Waals surface area contributed by atoms with E-state index < -0.39 is 0 Å². The summed E-state index contributed by atoms with van der Waals surface area (Å²) >= 11 is 1.81. The van der Waals surface area contributed by atoms with E-state index in [9.17, 15) is 0 Å². The second-order valence-corrected chi connectivity index (χ2v) is 5.69. The first-order valence-electron chi connectivity index (χ1n) is 5.63. The molecule has 1 aliphatic carbocycles. The number of fused-ring (bicyclic) bond motifs is 2. The van der Waals surface area contributed by atoms with Crippen LogP contribution in [-0.2, 0) is 12.8 Å². The summed E-state index contributed by atoms with van der Waals surface area (Å²) in [6.45, 7) is 2.09. The zero-order valence-electron chi connectivity index (χ0n) is 9.08. The highest BCUT2D eigenvalue weighted by molar-refractivity contribution is 7.18. The third-order valence-electron chi connectivity index (χ3n) is 3.46. The van der Waals surface area contributed by atoms with Crippen LogP contribution in [0, 0.1) is 6.92 Å². The van der Waals surface area contributed by atoms with Crippen LogP contribution in [-0.4, -0.2) is 4.98 Å². The molecule has 1 aromatic heterocycles. The molecule has 4 rings (SSSR count). The molecule has 0 amide bonds. The molecule has 0 N–H and O–H groups in total. The summed E-state index contributed by atoms with van der Waals surface area (Å²) in [7, 11) is 0. The molecule has 0 saturated heterocycles. The van der Waals surface area contributed by atoms with Crippen LogP contribution in [0.4, 0.5) is 0 Å². The van der Waals surface area contributed by atoms with E-state index in [0.29, 0.717) is 0 Å². The maximum atomic E-state index is 4.67. The molecule has 2 heteroatoms. The maximum Gasteiger partial charge on any atom is 0.0908 e. The van der Waals surface area contributed by atoms with Crippen molar-refractivity contribution in [2.24, 2.45) is 0 Å². The molecule has 0 aliphatic heterocycles. The highest BCUT2D eigenvalue weighted by Crippen LogP contribution is 2.37. The fourth-order valence-corrected chi connectivity index (χ4v) is 3.72. The molecule has 0 unspecified atom stereocenters. The average Bonchev–Trinajstić information content (AvgIpc) is 2.84. The van der Waals surface area contributed by atoms with E-state index >= 15 is 0 Å². The average molecular weight is 225 g/mol. The number of nitrogens with zero attached hydrogens (tertiary/aromatic N) is 1. The predicted octanol–water partition coefficient (Wildman–Crippen LogP) is 3.86. The molecular formula is C14H11NS. The van der Waals surface area contributed by atoms with Crippen LogP contribution in [0.1, 0.15) is 16.1 Å². The van der Waals surface area contributed by atoms with Crippen molar-refractivity contribution in [2.75, 3.05) is 0 Å². The fraction of sp³-hybridized carbons (Fsp3) is 0.214. The lowest BCUT2D eigenvalue weighted by molar-refractivity contribution is 1.03. The Morgan fingerprint density at radius 1 is 1.19 bits per heavy atom. The van der Waals surface area contributed by atoms with Crippen molar-refractivity contribution in [3.63, 3.8) is 0 Å². The van der Waals surface area contributed by atoms with Gasteiger partial charge >= 0.3 is 0 Å². The number of benzene rings is 2. The molecule has 0 atom stereocenters. The van der Waals surface area contributed by atoms with Gasteiger partial charge in [0.1, 0.15) is 0 Å². The van der Waals surface area contributed by atoms with Gasteiger partial charge in [0.2, 0.25) is 0 Å². The normalized spacial score (nSPS) is 14.1. The van der Waals surface area contributed by atoms with Gasteiger partial charge in [0.15, 0.2) is 0 Å². The van der Waals surface area contributed by atoms with Gasteiger partial charge in [-0.05, 0) is 42.3 Å². The molecule has 1 aliphatic rings. The van der Waals surface area contributed by atoms with Gasteiger partial charge < -0.3 is 0 Å². The van der Waals surface area contributed by atoms with Gasteiger partial charge in [-0.15, -0.1) is 11.3 Å². The first-order chi connectivity index (χ1) is 7.83. The lowest BCUT2D eigenvalue weighted by Gasteiger charge is -2.02. The number of aromatic nitrogens is 1. The van der Waals surface area contributed by atoms with Gasteiger partial charge in [0.25, 0.3) is 0 Å². The topological polar surface area (TPSA) is 12.9 Å². The zero-order valence-corrected chi connectivity index (χ0v) is 9.90. The van der Waals surface area contributed by atoms with E-state index in [1.165, 1.54) is 50.0 Å². The van der Waals surface area contributed by atoms with Crippen LogP contribution < -0.4 is 0 Å². The molecule has 0 spiro atoms. The van der Waals surface area contributed by atoms with Crippen LogP contribution in [0.15, 0.2) is 24.3 Å². The Hall–Kier alpha value is -1.41. The standard InChI is InChI=1S/C14H11NS/c1-8-15-14-11-4-2-3-9-5-6-10(13(9)11)7-12(14)16-8/h2-4,7H,5-6H2,1H3. The number of rotatable bonds is 0. The third-order valence-corrected chi connectivity index (χ3v) is 4.37. The van der Waals surface area contributed by atoms with Crippen LogP contribution in [0.25, 0.3) is 21.0 Å². The molecule has 0 saturated carbocycles. The molecule has 1 heterocycles. The Labute approximate surface area is 97.7 Å². The summed E-state index contributed by atoms with van der Waals surface area (Å²) < 4.78 is 1.35. The largest absolute Gasteiger partial charge is 0.241 e. The minimum Gasteiger partial charge on any atom is -0.241 e. The molecule has 78 valence electrons. The number of hydrogen-bond acceptors (Lipinski definition) is 2. The quantitative estimate of drug-likeness (QED) is 0.566. The first kappa shape index (κ1) is 8.71. The SMILES string of the molecule is Cc1nc2c(cc3c4c(cccc42)CC3)s1. The Kier molecular flexibility index (Phi) is 1.54. The van der Waals surface area contributed by atoms with Crippen LogP contribution in [0.5, 0.6) is 0 Å². The van der Waals surface area contributed by atoms with Gasteiger partial charge in [-0.2, -0.15) is 0 Å². The monoisotopic (exact) mass is 225 g/mol. The van der Waals surface area contributed by atoms with Crippen molar-refractivity contribution >= 4 is 32.3 Å². The van der Waals surface area contributed by atoms with Gasteiger partial charge in [0, 0.05) is 5.39 Å².